The molecule has 4 aromatic rings. The molecule has 0 heterocycles. The number of amides is 2. The summed E-state index contributed by atoms with van der Waals surface area (Å²) in [6.45, 7) is 0.476. The minimum absolute atomic E-state index is 0.186. The number of ether oxygens (including phenoxy) is 1. The first-order valence-electron chi connectivity index (χ1n) is 10.7. The Hall–Kier alpha value is -4.38. The van der Waals surface area contributed by atoms with Crippen LogP contribution in [-0.4, -0.2) is 18.4 Å². The number of hydrogen-bond acceptors (Lipinski definition) is 3. The van der Waals surface area contributed by atoms with Gasteiger partial charge in [0, 0.05) is 23.4 Å². The summed E-state index contributed by atoms with van der Waals surface area (Å²) in [6, 6.07) is 33.2. The molecule has 0 fully saturated rings. The molecule has 0 atom stereocenters. The van der Waals surface area contributed by atoms with Crippen LogP contribution < -0.4 is 15.4 Å². The molecular weight excluding hydrogens is 412 g/mol. The van der Waals surface area contributed by atoms with Crippen LogP contribution in [0.3, 0.4) is 0 Å². The zero-order valence-electron chi connectivity index (χ0n) is 18.0. The van der Waals surface area contributed by atoms with Crippen LogP contribution in [0.2, 0.25) is 0 Å². The molecule has 4 aromatic carbocycles. The van der Waals surface area contributed by atoms with Gasteiger partial charge < -0.3 is 15.4 Å². The molecule has 0 bridgehead atoms. The van der Waals surface area contributed by atoms with E-state index in [-0.39, 0.29) is 11.8 Å². The van der Waals surface area contributed by atoms with Gasteiger partial charge in [-0.1, -0.05) is 60.7 Å². The molecule has 0 spiro atoms. The van der Waals surface area contributed by atoms with Crippen molar-refractivity contribution in [3.8, 4) is 5.75 Å². The fourth-order valence-electron chi connectivity index (χ4n) is 3.33. The van der Waals surface area contributed by atoms with E-state index in [4.69, 9.17) is 4.74 Å². The van der Waals surface area contributed by atoms with Gasteiger partial charge in [-0.25, -0.2) is 0 Å². The minimum atomic E-state index is -0.258. The van der Waals surface area contributed by atoms with Crippen LogP contribution in [0.25, 0.3) is 0 Å². The van der Waals surface area contributed by atoms with Gasteiger partial charge in [-0.15, -0.1) is 0 Å². The van der Waals surface area contributed by atoms with Crippen LogP contribution >= 0.6 is 0 Å². The highest BCUT2D eigenvalue weighted by Crippen LogP contribution is 2.21. The monoisotopic (exact) mass is 436 g/mol. The fraction of sp³-hybridized carbons (Fsp3) is 0.0714. The molecule has 0 unspecified atom stereocenters. The van der Waals surface area contributed by atoms with E-state index >= 15 is 0 Å². The molecule has 0 aliphatic carbocycles. The first-order valence-corrected chi connectivity index (χ1v) is 10.7. The van der Waals surface area contributed by atoms with Crippen molar-refractivity contribution < 1.29 is 14.3 Å². The first kappa shape index (κ1) is 21.8. The lowest BCUT2D eigenvalue weighted by Crippen LogP contribution is -2.15. The molecule has 0 radical (unpaired) electrons. The van der Waals surface area contributed by atoms with Crippen LogP contribution in [0.5, 0.6) is 5.75 Å². The third kappa shape index (κ3) is 6.08. The van der Waals surface area contributed by atoms with Crippen molar-refractivity contribution in [1.82, 2.24) is 0 Å². The van der Waals surface area contributed by atoms with Gasteiger partial charge >= 0.3 is 0 Å². The molecule has 0 aliphatic rings. The predicted octanol–water partition coefficient (Wildman–Crippen LogP) is 5.81. The second-order valence-electron chi connectivity index (χ2n) is 7.43. The first-order chi connectivity index (χ1) is 16.2. The lowest BCUT2D eigenvalue weighted by molar-refractivity contribution is 0.101. The summed E-state index contributed by atoms with van der Waals surface area (Å²) in [6.07, 6.45) is 0.757. The Morgan fingerprint density at radius 3 is 1.82 bits per heavy atom. The molecule has 0 saturated carbocycles. The number of nitrogens with one attached hydrogen (secondary N) is 2. The fourth-order valence-corrected chi connectivity index (χ4v) is 3.33. The van der Waals surface area contributed by atoms with E-state index in [1.54, 1.807) is 54.6 Å². The van der Waals surface area contributed by atoms with E-state index in [9.17, 15) is 9.59 Å². The molecule has 2 N–H and O–H groups in total. The van der Waals surface area contributed by atoms with E-state index in [1.165, 1.54) is 5.56 Å². The Kier molecular flexibility index (Phi) is 7.13. The summed E-state index contributed by atoms with van der Waals surface area (Å²) in [5.41, 5.74) is 3.49. The average molecular weight is 437 g/mol. The molecule has 0 saturated heterocycles. The van der Waals surface area contributed by atoms with Gasteiger partial charge in [-0.3, -0.25) is 9.59 Å². The Labute approximate surface area is 193 Å². The van der Waals surface area contributed by atoms with Crippen LogP contribution in [0.15, 0.2) is 109 Å². The van der Waals surface area contributed by atoms with Gasteiger partial charge in [0.15, 0.2) is 0 Å². The maximum absolute atomic E-state index is 12.9. The molecule has 0 aliphatic heterocycles. The Balaban J connectivity index is 1.35. The normalized spacial score (nSPS) is 10.3. The Morgan fingerprint density at radius 1 is 0.606 bits per heavy atom. The smallest absolute Gasteiger partial charge is 0.259 e. The number of hydrogen-bond donors (Lipinski definition) is 2. The molecule has 0 aromatic heterocycles. The lowest BCUT2D eigenvalue weighted by Gasteiger charge is -2.12. The average Bonchev–Trinajstić information content (AvgIpc) is 2.86. The number of para-hydroxylation sites is 1. The van der Waals surface area contributed by atoms with Gasteiger partial charge in [-0.05, 0) is 54.1 Å². The zero-order chi connectivity index (χ0) is 22.9. The largest absolute Gasteiger partial charge is 0.492 e. The van der Waals surface area contributed by atoms with Crippen molar-refractivity contribution in [2.45, 2.75) is 6.42 Å². The van der Waals surface area contributed by atoms with Gasteiger partial charge in [0.25, 0.3) is 11.8 Å². The standard InChI is InChI=1S/C28H24N2O3/c31-27(22-11-5-2-6-12-22)29-23-15-17-24(18-16-23)30-28(32)25-13-7-8-14-26(25)33-20-19-21-9-3-1-4-10-21/h1-18H,19-20H2,(H,29,31)(H,30,32). The van der Waals surface area contributed by atoms with E-state index in [2.05, 4.69) is 10.6 Å². The van der Waals surface area contributed by atoms with Crippen molar-refractivity contribution >= 4 is 23.2 Å². The number of rotatable bonds is 8. The summed E-state index contributed by atoms with van der Waals surface area (Å²) >= 11 is 0. The van der Waals surface area contributed by atoms with Gasteiger partial charge in [0.2, 0.25) is 0 Å². The van der Waals surface area contributed by atoms with Crippen LogP contribution in [0.4, 0.5) is 11.4 Å². The molecule has 164 valence electrons. The van der Waals surface area contributed by atoms with Crippen molar-refractivity contribution in [2.75, 3.05) is 17.2 Å². The second-order valence-corrected chi connectivity index (χ2v) is 7.43. The molecule has 4 rings (SSSR count). The highest BCUT2D eigenvalue weighted by Gasteiger charge is 2.13. The third-order valence-corrected chi connectivity index (χ3v) is 5.06. The molecular formula is C28H24N2O3. The highest BCUT2D eigenvalue weighted by molar-refractivity contribution is 6.07. The number of anilines is 2. The quantitative estimate of drug-likeness (QED) is 0.366. The summed E-state index contributed by atoms with van der Waals surface area (Å²) in [7, 11) is 0. The summed E-state index contributed by atoms with van der Waals surface area (Å²) in [5, 5.41) is 5.73. The number of benzene rings is 4. The number of carbonyl (C=O) groups is 2. The second kappa shape index (κ2) is 10.8. The Morgan fingerprint density at radius 2 is 1.15 bits per heavy atom. The van der Waals surface area contributed by atoms with Crippen LogP contribution in [0.1, 0.15) is 26.3 Å². The van der Waals surface area contributed by atoms with E-state index in [1.807, 2.05) is 54.6 Å². The molecule has 33 heavy (non-hydrogen) atoms. The van der Waals surface area contributed by atoms with Crippen molar-refractivity contribution in [1.29, 1.82) is 0 Å². The number of carbonyl (C=O) groups excluding carboxylic acids is 2. The molecule has 5 heteroatoms. The summed E-state index contributed by atoms with van der Waals surface area (Å²) in [4.78, 5) is 25.1. The van der Waals surface area contributed by atoms with E-state index in [0.29, 0.717) is 34.9 Å². The van der Waals surface area contributed by atoms with Crippen molar-refractivity contribution in [2.24, 2.45) is 0 Å². The third-order valence-electron chi connectivity index (χ3n) is 5.06. The lowest BCUT2D eigenvalue weighted by atomic mass is 10.1. The van der Waals surface area contributed by atoms with E-state index in [0.717, 1.165) is 6.42 Å². The maximum atomic E-state index is 12.9. The van der Waals surface area contributed by atoms with Gasteiger partial charge in [0.05, 0.1) is 12.2 Å². The van der Waals surface area contributed by atoms with Gasteiger partial charge in [-0.2, -0.15) is 0 Å². The highest BCUT2D eigenvalue weighted by atomic mass is 16.5. The molecule has 2 amide bonds. The van der Waals surface area contributed by atoms with E-state index < -0.39 is 0 Å². The summed E-state index contributed by atoms with van der Waals surface area (Å²) < 4.78 is 5.90. The maximum Gasteiger partial charge on any atom is 0.259 e. The van der Waals surface area contributed by atoms with Crippen molar-refractivity contribution in [3.63, 3.8) is 0 Å². The van der Waals surface area contributed by atoms with Gasteiger partial charge in [0.1, 0.15) is 5.75 Å². The SMILES string of the molecule is O=C(Nc1ccc(NC(=O)c2ccccc2OCCc2ccccc2)cc1)c1ccccc1. The predicted molar refractivity (Wildman–Crippen MR) is 131 cm³/mol. The topological polar surface area (TPSA) is 67.4 Å². The Bertz CT molecular complexity index is 1210. The summed E-state index contributed by atoms with van der Waals surface area (Å²) in [5.74, 6) is 0.0954. The van der Waals surface area contributed by atoms with Crippen LogP contribution in [-0.2, 0) is 6.42 Å². The van der Waals surface area contributed by atoms with Crippen molar-refractivity contribution in [3.05, 3.63) is 126 Å². The minimum Gasteiger partial charge on any atom is -0.492 e. The zero-order valence-corrected chi connectivity index (χ0v) is 18.0. The van der Waals surface area contributed by atoms with Crippen LogP contribution in [0, 0.1) is 0 Å². The molecule has 5 nitrogen and oxygen atoms in total.